The molecule has 1 aromatic carbocycles. The van der Waals surface area contributed by atoms with Gasteiger partial charge in [0.2, 0.25) is 5.91 Å². The van der Waals surface area contributed by atoms with Crippen molar-refractivity contribution in [1.82, 2.24) is 10.2 Å². The van der Waals surface area contributed by atoms with E-state index in [2.05, 4.69) is 12.2 Å². The Morgan fingerprint density at radius 1 is 1.26 bits per heavy atom. The molecule has 7 heteroatoms. The van der Waals surface area contributed by atoms with Crippen LogP contribution in [0.25, 0.3) is 0 Å². The number of ether oxygens (including phenoxy) is 2. The quantitative estimate of drug-likeness (QED) is 0.527. The number of unbranched alkanes of at least 4 members (excludes halogenated alkanes) is 2. The number of amides is 2. The first-order chi connectivity index (χ1) is 13.1. The molecule has 0 bridgehead atoms. The molecular weight excluding hydrogens is 348 g/mol. The van der Waals surface area contributed by atoms with Gasteiger partial charge in [-0.3, -0.25) is 14.4 Å². The Morgan fingerprint density at radius 2 is 2.07 bits per heavy atom. The molecule has 1 aliphatic rings. The van der Waals surface area contributed by atoms with E-state index in [0.717, 1.165) is 19.3 Å². The van der Waals surface area contributed by atoms with E-state index in [0.29, 0.717) is 37.6 Å². The van der Waals surface area contributed by atoms with Crippen molar-refractivity contribution < 1.29 is 23.9 Å². The van der Waals surface area contributed by atoms with Gasteiger partial charge in [-0.25, -0.2) is 0 Å². The minimum Gasteiger partial charge on any atom is -0.494 e. The number of rotatable bonds is 9. The summed E-state index contributed by atoms with van der Waals surface area (Å²) >= 11 is 0. The Hall–Kier alpha value is -2.57. The first-order valence-electron chi connectivity index (χ1n) is 9.54. The third-order valence-corrected chi connectivity index (χ3v) is 4.35. The average Bonchev–Trinajstić information content (AvgIpc) is 2.67. The van der Waals surface area contributed by atoms with E-state index in [4.69, 9.17) is 9.47 Å². The first-order valence-corrected chi connectivity index (χ1v) is 9.54. The molecule has 1 saturated heterocycles. The maximum Gasteiger partial charge on any atom is 0.308 e. The molecule has 2 amide bonds. The largest absolute Gasteiger partial charge is 0.494 e. The molecule has 1 aliphatic heterocycles. The SMILES string of the molecule is CCCCCOC(=O)CC1C(=O)NCCN1C(=O)c1cccc(OCC)c1. The summed E-state index contributed by atoms with van der Waals surface area (Å²) in [4.78, 5) is 38.8. The summed E-state index contributed by atoms with van der Waals surface area (Å²) in [7, 11) is 0. The molecule has 0 radical (unpaired) electrons. The van der Waals surface area contributed by atoms with Crippen LogP contribution in [-0.2, 0) is 14.3 Å². The molecule has 1 heterocycles. The Morgan fingerprint density at radius 3 is 2.81 bits per heavy atom. The van der Waals surface area contributed by atoms with Gasteiger partial charge < -0.3 is 19.7 Å². The molecule has 148 valence electrons. The lowest BCUT2D eigenvalue weighted by molar-refractivity contribution is -0.147. The van der Waals surface area contributed by atoms with Gasteiger partial charge in [0.25, 0.3) is 5.91 Å². The predicted molar refractivity (Wildman–Crippen MR) is 101 cm³/mol. The van der Waals surface area contributed by atoms with Gasteiger partial charge in [-0.15, -0.1) is 0 Å². The molecule has 2 rings (SSSR count). The van der Waals surface area contributed by atoms with Crippen LogP contribution in [0.4, 0.5) is 0 Å². The summed E-state index contributed by atoms with van der Waals surface area (Å²) in [6, 6.07) is 5.98. The molecule has 1 atom stereocenters. The molecule has 1 N–H and O–H groups in total. The standard InChI is InChI=1S/C20H28N2O5/c1-3-5-6-12-27-18(23)14-17-19(24)21-10-11-22(17)20(25)15-8-7-9-16(13-15)26-4-2/h7-9,13,17H,3-6,10-12,14H2,1-2H3,(H,21,24). The number of hydrogen-bond acceptors (Lipinski definition) is 5. The third kappa shape index (κ3) is 5.98. The number of carbonyl (C=O) groups excluding carboxylic acids is 3. The minimum atomic E-state index is -0.860. The van der Waals surface area contributed by atoms with Crippen molar-refractivity contribution >= 4 is 17.8 Å². The highest BCUT2D eigenvalue weighted by molar-refractivity contribution is 5.99. The summed E-state index contributed by atoms with van der Waals surface area (Å²) in [5.74, 6) is -0.498. The summed E-state index contributed by atoms with van der Waals surface area (Å²) in [5, 5.41) is 2.72. The lowest BCUT2D eigenvalue weighted by atomic mass is 10.1. The smallest absolute Gasteiger partial charge is 0.308 e. The number of hydrogen-bond donors (Lipinski definition) is 1. The van der Waals surface area contributed by atoms with Crippen LogP contribution < -0.4 is 10.1 Å². The van der Waals surface area contributed by atoms with Gasteiger partial charge in [-0.1, -0.05) is 25.8 Å². The molecule has 0 aromatic heterocycles. The van der Waals surface area contributed by atoms with Crippen molar-refractivity contribution in [2.24, 2.45) is 0 Å². The Balaban J connectivity index is 2.06. The summed E-state index contributed by atoms with van der Waals surface area (Å²) < 4.78 is 10.6. The van der Waals surface area contributed by atoms with Crippen LogP contribution in [0.1, 0.15) is 49.9 Å². The van der Waals surface area contributed by atoms with Crippen LogP contribution in [0.2, 0.25) is 0 Å². The van der Waals surface area contributed by atoms with Crippen molar-refractivity contribution in [2.75, 3.05) is 26.3 Å². The van der Waals surface area contributed by atoms with E-state index in [1.54, 1.807) is 24.3 Å². The summed E-state index contributed by atoms with van der Waals surface area (Å²) in [6.07, 6.45) is 2.67. The maximum absolute atomic E-state index is 12.9. The second-order valence-corrected chi connectivity index (χ2v) is 6.40. The van der Waals surface area contributed by atoms with E-state index in [-0.39, 0.29) is 18.2 Å². The fourth-order valence-corrected chi connectivity index (χ4v) is 2.97. The second-order valence-electron chi connectivity index (χ2n) is 6.40. The minimum absolute atomic E-state index is 0.144. The van der Waals surface area contributed by atoms with Crippen molar-refractivity contribution in [3.05, 3.63) is 29.8 Å². The highest BCUT2D eigenvalue weighted by atomic mass is 16.5. The highest BCUT2D eigenvalue weighted by Gasteiger charge is 2.35. The average molecular weight is 376 g/mol. The zero-order chi connectivity index (χ0) is 19.6. The molecule has 27 heavy (non-hydrogen) atoms. The number of esters is 1. The van der Waals surface area contributed by atoms with Gasteiger partial charge in [0.15, 0.2) is 0 Å². The number of benzene rings is 1. The zero-order valence-electron chi connectivity index (χ0n) is 16.0. The zero-order valence-corrected chi connectivity index (χ0v) is 16.0. The molecule has 1 aromatic rings. The fourth-order valence-electron chi connectivity index (χ4n) is 2.97. The molecule has 7 nitrogen and oxygen atoms in total. The van der Waals surface area contributed by atoms with Crippen molar-refractivity contribution in [3.8, 4) is 5.75 Å². The normalized spacial score (nSPS) is 16.6. The van der Waals surface area contributed by atoms with Crippen LogP contribution in [-0.4, -0.2) is 55.0 Å². The predicted octanol–water partition coefficient (Wildman–Crippen LogP) is 2.15. The van der Waals surface area contributed by atoms with E-state index < -0.39 is 12.0 Å². The van der Waals surface area contributed by atoms with E-state index in [1.807, 2.05) is 6.92 Å². The molecular formula is C20H28N2O5. The lowest BCUT2D eigenvalue weighted by Gasteiger charge is -2.34. The number of nitrogens with zero attached hydrogens (tertiary/aromatic N) is 1. The monoisotopic (exact) mass is 376 g/mol. The topological polar surface area (TPSA) is 84.9 Å². The fraction of sp³-hybridized carbons (Fsp3) is 0.550. The molecule has 0 spiro atoms. The van der Waals surface area contributed by atoms with E-state index >= 15 is 0 Å². The van der Waals surface area contributed by atoms with E-state index in [1.165, 1.54) is 4.90 Å². The lowest BCUT2D eigenvalue weighted by Crippen LogP contribution is -2.57. The number of piperazine rings is 1. The van der Waals surface area contributed by atoms with Gasteiger partial charge in [0.05, 0.1) is 19.6 Å². The van der Waals surface area contributed by atoms with Crippen molar-refractivity contribution in [1.29, 1.82) is 0 Å². The molecule has 1 fully saturated rings. The Bertz CT molecular complexity index is 662. The van der Waals surface area contributed by atoms with Crippen molar-refractivity contribution in [2.45, 2.75) is 45.6 Å². The van der Waals surface area contributed by atoms with Gasteiger partial charge in [0, 0.05) is 18.7 Å². The molecule has 0 aliphatic carbocycles. The van der Waals surface area contributed by atoms with E-state index in [9.17, 15) is 14.4 Å². The first kappa shape index (κ1) is 20.7. The third-order valence-electron chi connectivity index (χ3n) is 4.35. The number of carbonyl (C=O) groups is 3. The van der Waals surface area contributed by atoms with Crippen LogP contribution in [0.15, 0.2) is 24.3 Å². The van der Waals surface area contributed by atoms with Gasteiger partial charge >= 0.3 is 5.97 Å². The van der Waals surface area contributed by atoms with Gasteiger partial charge in [-0.2, -0.15) is 0 Å². The van der Waals surface area contributed by atoms with Crippen LogP contribution >= 0.6 is 0 Å². The summed E-state index contributed by atoms with van der Waals surface area (Å²) in [6.45, 7) is 5.47. The van der Waals surface area contributed by atoms with Crippen LogP contribution in [0.3, 0.4) is 0 Å². The van der Waals surface area contributed by atoms with Crippen LogP contribution in [0.5, 0.6) is 5.75 Å². The molecule has 1 unspecified atom stereocenters. The van der Waals surface area contributed by atoms with Crippen LogP contribution in [0, 0.1) is 0 Å². The highest BCUT2D eigenvalue weighted by Crippen LogP contribution is 2.19. The van der Waals surface area contributed by atoms with Crippen molar-refractivity contribution in [3.63, 3.8) is 0 Å². The number of nitrogens with one attached hydrogen (secondary N) is 1. The maximum atomic E-state index is 12.9. The molecule has 0 saturated carbocycles. The second kappa shape index (κ2) is 10.5. The Labute approximate surface area is 160 Å². The van der Waals surface area contributed by atoms with Gasteiger partial charge in [-0.05, 0) is 31.5 Å². The summed E-state index contributed by atoms with van der Waals surface area (Å²) in [5.41, 5.74) is 0.428. The Kier molecular flexibility index (Phi) is 8.10. The van der Waals surface area contributed by atoms with Gasteiger partial charge in [0.1, 0.15) is 11.8 Å².